The molecule has 0 unspecified atom stereocenters. The Labute approximate surface area is 254 Å². The number of carbonyl (C=O) groups is 3. The Morgan fingerprint density at radius 1 is 1.18 bits per heavy atom. The van der Waals surface area contributed by atoms with Crippen molar-refractivity contribution < 1.29 is 33.5 Å². The molecular weight excluding hydrogens is 572 g/mol. The minimum atomic E-state index is -0.794. The van der Waals surface area contributed by atoms with E-state index in [-0.39, 0.29) is 40.2 Å². The van der Waals surface area contributed by atoms with Crippen molar-refractivity contribution in [2.45, 2.75) is 38.6 Å². The quantitative estimate of drug-likeness (QED) is 0.150. The number of nitrogens with zero attached hydrogens (tertiary/aromatic N) is 3. The summed E-state index contributed by atoms with van der Waals surface area (Å²) in [4.78, 5) is 50.7. The highest BCUT2D eigenvalue weighted by Gasteiger charge is 2.33. The van der Waals surface area contributed by atoms with Crippen molar-refractivity contribution in [3.63, 3.8) is 0 Å². The fourth-order valence-electron chi connectivity index (χ4n) is 5.22. The summed E-state index contributed by atoms with van der Waals surface area (Å²) in [6, 6.07) is 8.49. The van der Waals surface area contributed by atoms with Gasteiger partial charge in [-0.25, -0.2) is 15.0 Å². The summed E-state index contributed by atoms with van der Waals surface area (Å²) in [5, 5.41) is 21.0. The molecule has 234 valence electrons. The predicted octanol–water partition coefficient (Wildman–Crippen LogP) is 3.13. The molecule has 14 nitrogen and oxygen atoms in total. The number of nitro benzene ring substituents is 1. The number of piperidine rings is 1. The molecule has 1 atom stereocenters. The maximum absolute atomic E-state index is 12.6. The van der Waals surface area contributed by atoms with Crippen LogP contribution in [0.3, 0.4) is 0 Å². The van der Waals surface area contributed by atoms with E-state index < -0.39 is 30.6 Å². The zero-order chi connectivity index (χ0) is 31.8. The predicted molar refractivity (Wildman–Crippen MR) is 161 cm³/mol. The van der Waals surface area contributed by atoms with Crippen LogP contribution in [-0.4, -0.2) is 74.4 Å². The van der Waals surface area contributed by atoms with E-state index in [1.165, 1.54) is 19.4 Å². The number of benzene rings is 2. The normalized spacial score (nSPS) is 17.5. The number of esters is 1. The number of nitrogens with one attached hydrogen (secondary N) is 3. The average Bonchev–Trinajstić information content (AvgIpc) is 3.00. The lowest BCUT2D eigenvalue weighted by atomic mass is 9.88. The van der Waals surface area contributed by atoms with Crippen LogP contribution in [0, 0.1) is 10.1 Å². The minimum absolute atomic E-state index is 0.0396. The maximum Gasteiger partial charge on any atom is 0.338 e. The topological polar surface area (TPSA) is 174 Å². The van der Waals surface area contributed by atoms with Crippen molar-refractivity contribution in [3.05, 3.63) is 74.5 Å². The van der Waals surface area contributed by atoms with E-state index >= 15 is 0 Å². The van der Waals surface area contributed by atoms with Gasteiger partial charge in [-0.1, -0.05) is 18.2 Å². The number of allylic oxidation sites excluding steroid dienone is 1. The van der Waals surface area contributed by atoms with Gasteiger partial charge in [0.1, 0.15) is 0 Å². The molecule has 2 aliphatic rings. The first kappa shape index (κ1) is 31.9. The van der Waals surface area contributed by atoms with Gasteiger partial charge in [-0.2, -0.15) is 5.10 Å². The molecule has 44 heavy (non-hydrogen) atoms. The first-order valence-corrected chi connectivity index (χ1v) is 14.2. The summed E-state index contributed by atoms with van der Waals surface area (Å²) in [5.41, 5.74) is 4.74. The summed E-state index contributed by atoms with van der Waals surface area (Å²) in [6.07, 6.45) is 3.05. The number of urea groups is 1. The number of hydrazone groups is 1. The molecule has 2 heterocycles. The average molecular weight is 609 g/mol. The molecule has 0 bridgehead atoms. The van der Waals surface area contributed by atoms with Crippen molar-refractivity contribution in [3.8, 4) is 11.5 Å². The lowest BCUT2D eigenvalue weighted by Crippen LogP contribution is -2.45. The molecule has 4 rings (SSSR count). The van der Waals surface area contributed by atoms with E-state index in [2.05, 4.69) is 26.1 Å². The van der Waals surface area contributed by atoms with Crippen LogP contribution in [0.1, 0.15) is 55.3 Å². The monoisotopic (exact) mass is 608 g/mol. The van der Waals surface area contributed by atoms with Gasteiger partial charge in [-0.15, -0.1) is 0 Å². The Hall–Kier alpha value is -4.98. The molecule has 3 N–H and O–H groups in total. The highest BCUT2D eigenvalue weighted by atomic mass is 16.6. The molecular formula is C30H36N6O8. The molecule has 2 aromatic rings. The maximum atomic E-state index is 12.6. The van der Waals surface area contributed by atoms with Crippen LogP contribution in [-0.2, 0) is 14.3 Å². The number of hydrogen-bond acceptors (Lipinski definition) is 10. The second-order valence-electron chi connectivity index (χ2n) is 10.4. The van der Waals surface area contributed by atoms with Crippen molar-refractivity contribution in [1.82, 2.24) is 21.0 Å². The molecule has 2 aromatic carbocycles. The van der Waals surface area contributed by atoms with Crippen LogP contribution < -0.4 is 25.5 Å². The standard InChI is InChI=1S/C30H36N6O8/c1-5-43-29(38)27-18(2)32-30(39)33-28(27)21-7-9-24(25(15-21)42-4)44-17-26(37)34-31-16-19-6-8-22(23(14-19)36(40)41)20-10-12-35(3)13-11-20/h6-9,14-16,20,28H,5,10-13,17H2,1-4H3,(H,34,37)(H2,32,33,39)/b31-16-/t28-/m1/s1. The number of nitro groups is 1. The van der Waals surface area contributed by atoms with Gasteiger partial charge in [0.2, 0.25) is 0 Å². The van der Waals surface area contributed by atoms with E-state index in [1.807, 2.05) is 7.05 Å². The largest absolute Gasteiger partial charge is 0.493 e. The zero-order valence-corrected chi connectivity index (χ0v) is 25.0. The minimum Gasteiger partial charge on any atom is -0.493 e. The molecule has 0 aliphatic carbocycles. The highest BCUT2D eigenvalue weighted by Crippen LogP contribution is 2.35. The van der Waals surface area contributed by atoms with Crippen molar-refractivity contribution in [2.24, 2.45) is 5.10 Å². The smallest absolute Gasteiger partial charge is 0.338 e. The first-order valence-electron chi connectivity index (χ1n) is 14.2. The Balaban J connectivity index is 1.39. The second kappa shape index (κ2) is 14.5. The van der Waals surface area contributed by atoms with Gasteiger partial charge in [0.25, 0.3) is 11.6 Å². The Morgan fingerprint density at radius 3 is 2.61 bits per heavy atom. The second-order valence-corrected chi connectivity index (χ2v) is 10.4. The van der Waals surface area contributed by atoms with Crippen LogP contribution in [0.5, 0.6) is 11.5 Å². The first-order chi connectivity index (χ1) is 21.1. The van der Waals surface area contributed by atoms with Crippen molar-refractivity contribution in [2.75, 3.05) is 40.5 Å². The van der Waals surface area contributed by atoms with Crippen molar-refractivity contribution >= 4 is 29.8 Å². The number of methoxy groups -OCH3 is 1. The summed E-state index contributed by atoms with van der Waals surface area (Å²) in [7, 11) is 3.46. The van der Waals surface area contributed by atoms with E-state index in [4.69, 9.17) is 14.2 Å². The Kier molecular flexibility index (Phi) is 10.5. The lowest BCUT2D eigenvalue weighted by Gasteiger charge is -2.28. The molecule has 0 aromatic heterocycles. The van der Waals surface area contributed by atoms with Gasteiger partial charge < -0.3 is 29.7 Å². The van der Waals surface area contributed by atoms with E-state index in [1.54, 1.807) is 44.2 Å². The third kappa shape index (κ3) is 7.69. The number of rotatable bonds is 11. The van der Waals surface area contributed by atoms with Gasteiger partial charge in [0.05, 0.1) is 36.5 Å². The van der Waals surface area contributed by atoms with Gasteiger partial charge in [0.15, 0.2) is 18.1 Å². The van der Waals surface area contributed by atoms with Crippen LogP contribution in [0.4, 0.5) is 10.5 Å². The van der Waals surface area contributed by atoms with Gasteiger partial charge in [-0.05, 0) is 70.4 Å². The summed E-state index contributed by atoms with van der Waals surface area (Å²) in [6.45, 7) is 4.84. The van der Waals surface area contributed by atoms with Crippen LogP contribution in [0.25, 0.3) is 0 Å². The van der Waals surface area contributed by atoms with E-state index in [0.717, 1.165) is 25.9 Å². The number of likely N-dealkylation sites (tertiary alicyclic amines) is 1. The SMILES string of the molecule is CCOC(=O)C1=C(C)NC(=O)N[C@@H]1c1ccc(OCC(=O)N/N=C\c2ccc(C3CCN(C)CC3)c([N+](=O)[O-])c2)c(OC)c1. The third-order valence-corrected chi connectivity index (χ3v) is 7.46. The summed E-state index contributed by atoms with van der Waals surface area (Å²) >= 11 is 0. The molecule has 2 aliphatic heterocycles. The zero-order valence-electron chi connectivity index (χ0n) is 25.0. The summed E-state index contributed by atoms with van der Waals surface area (Å²) < 4.78 is 16.2. The number of amides is 3. The number of ether oxygens (including phenoxy) is 3. The van der Waals surface area contributed by atoms with E-state index in [0.29, 0.717) is 22.4 Å². The fourth-order valence-corrected chi connectivity index (χ4v) is 5.22. The number of carbonyl (C=O) groups excluding carboxylic acids is 3. The van der Waals surface area contributed by atoms with Crippen LogP contribution in [0.2, 0.25) is 0 Å². The highest BCUT2D eigenvalue weighted by molar-refractivity contribution is 5.95. The van der Waals surface area contributed by atoms with Gasteiger partial charge in [0, 0.05) is 22.9 Å². The molecule has 1 fully saturated rings. The Bertz CT molecular complexity index is 1480. The van der Waals surface area contributed by atoms with Gasteiger partial charge in [-0.3, -0.25) is 14.9 Å². The van der Waals surface area contributed by atoms with Crippen LogP contribution >= 0.6 is 0 Å². The summed E-state index contributed by atoms with van der Waals surface area (Å²) in [5.74, 6) is -0.502. The third-order valence-electron chi connectivity index (χ3n) is 7.46. The van der Waals surface area contributed by atoms with Crippen molar-refractivity contribution in [1.29, 1.82) is 0 Å². The molecule has 3 amide bonds. The molecule has 0 radical (unpaired) electrons. The number of hydrogen-bond donors (Lipinski definition) is 3. The molecule has 0 saturated carbocycles. The molecule has 14 heteroatoms. The fraction of sp³-hybridized carbons (Fsp3) is 0.400. The van der Waals surface area contributed by atoms with Gasteiger partial charge >= 0.3 is 12.0 Å². The van der Waals surface area contributed by atoms with Crippen LogP contribution in [0.15, 0.2) is 52.8 Å². The van der Waals surface area contributed by atoms with E-state index in [9.17, 15) is 24.5 Å². The molecule has 1 saturated heterocycles. The molecule has 0 spiro atoms. The lowest BCUT2D eigenvalue weighted by molar-refractivity contribution is -0.385. The Morgan fingerprint density at radius 2 is 1.93 bits per heavy atom.